The summed E-state index contributed by atoms with van der Waals surface area (Å²) in [7, 11) is 0. The van der Waals surface area contributed by atoms with E-state index in [1.165, 1.54) is 11.1 Å². The third kappa shape index (κ3) is 4.42. The van der Waals surface area contributed by atoms with Crippen LogP contribution in [0.4, 0.5) is 0 Å². The van der Waals surface area contributed by atoms with Gasteiger partial charge in [-0.1, -0.05) is 24.3 Å². The van der Waals surface area contributed by atoms with E-state index in [0.29, 0.717) is 32.7 Å². The molecule has 4 rings (SSSR count). The van der Waals surface area contributed by atoms with E-state index in [0.717, 1.165) is 12.8 Å². The predicted molar refractivity (Wildman–Crippen MR) is 104 cm³/mol. The minimum atomic E-state index is -0.206. The Bertz CT molecular complexity index is 796. The average Bonchev–Trinajstić information content (AvgIpc) is 3.35. The maximum atomic E-state index is 12.7. The number of amides is 2. The molecule has 1 aliphatic carbocycles. The summed E-state index contributed by atoms with van der Waals surface area (Å²) in [5.74, 6) is 0.0306. The molecule has 1 fully saturated rings. The first-order valence-electron chi connectivity index (χ1n) is 9.90. The van der Waals surface area contributed by atoms with Crippen LogP contribution >= 0.6 is 0 Å². The molecule has 2 heterocycles. The van der Waals surface area contributed by atoms with Gasteiger partial charge in [0.25, 0.3) is 0 Å². The smallest absolute Gasteiger partial charge is 0.224 e. The SMILES string of the molecule is O=C(C[C@@H]1COCCN1C(=O)CCn1cccn1)NC1Cc2ccccc2C1. The van der Waals surface area contributed by atoms with Crippen LogP contribution in [0.25, 0.3) is 0 Å². The number of ether oxygens (including phenoxy) is 1. The Hall–Kier alpha value is -2.67. The second kappa shape index (κ2) is 8.56. The number of nitrogens with zero attached hydrogens (tertiary/aromatic N) is 3. The molecule has 1 saturated heterocycles. The summed E-state index contributed by atoms with van der Waals surface area (Å²) >= 11 is 0. The first-order valence-corrected chi connectivity index (χ1v) is 9.90. The number of carbonyl (C=O) groups is 2. The lowest BCUT2D eigenvalue weighted by Crippen LogP contribution is -2.51. The van der Waals surface area contributed by atoms with E-state index in [1.54, 1.807) is 15.8 Å². The minimum Gasteiger partial charge on any atom is -0.377 e. The highest BCUT2D eigenvalue weighted by Crippen LogP contribution is 2.22. The second-order valence-corrected chi connectivity index (χ2v) is 7.48. The van der Waals surface area contributed by atoms with Crippen LogP contribution in [0.5, 0.6) is 0 Å². The van der Waals surface area contributed by atoms with Crippen molar-refractivity contribution in [2.24, 2.45) is 0 Å². The quantitative estimate of drug-likeness (QED) is 0.814. The standard InChI is InChI=1S/C21H26N4O3/c26-20(23-18-12-16-4-1-2-5-17(16)13-18)14-19-15-28-11-10-25(19)21(27)6-9-24-8-3-7-22-24/h1-5,7-8,18-19H,6,9-15H2,(H,23,26)/t19-/m1/s1. The Morgan fingerprint density at radius 3 is 2.68 bits per heavy atom. The third-order valence-corrected chi connectivity index (χ3v) is 5.50. The van der Waals surface area contributed by atoms with Gasteiger partial charge in [-0.2, -0.15) is 5.10 Å². The van der Waals surface area contributed by atoms with Gasteiger partial charge >= 0.3 is 0 Å². The first-order chi connectivity index (χ1) is 13.7. The van der Waals surface area contributed by atoms with Crippen LogP contribution in [-0.4, -0.2) is 58.3 Å². The van der Waals surface area contributed by atoms with Gasteiger partial charge in [0.2, 0.25) is 11.8 Å². The lowest BCUT2D eigenvalue weighted by molar-refractivity contribution is -0.142. The van der Waals surface area contributed by atoms with Gasteiger partial charge in [0.1, 0.15) is 0 Å². The van der Waals surface area contributed by atoms with E-state index in [-0.39, 0.29) is 30.3 Å². The fraction of sp³-hybridized carbons (Fsp3) is 0.476. The van der Waals surface area contributed by atoms with Crippen molar-refractivity contribution in [2.75, 3.05) is 19.8 Å². The van der Waals surface area contributed by atoms with Crippen molar-refractivity contribution < 1.29 is 14.3 Å². The normalized spacial score (nSPS) is 19.4. The number of aryl methyl sites for hydroxylation is 1. The van der Waals surface area contributed by atoms with Gasteiger partial charge in [0, 0.05) is 44.4 Å². The molecular weight excluding hydrogens is 356 g/mol. The van der Waals surface area contributed by atoms with E-state index in [2.05, 4.69) is 22.5 Å². The van der Waals surface area contributed by atoms with Crippen molar-refractivity contribution in [3.63, 3.8) is 0 Å². The summed E-state index contributed by atoms with van der Waals surface area (Å²) in [5.41, 5.74) is 2.62. The van der Waals surface area contributed by atoms with E-state index in [4.69, 9.17) is 4.74 Å². The third-order valence-electron chi connectivity index (χ3n) is 5.50. The summed E-state index contributed by atoms with van der Waals surface area (Å²) in [5, 5.41) is 7.27. The molecule has 148 valence electrons. The number of carbonyl (C=O) groups excluding carboxylic acids is 2. The van der Waals surface area contributed by atoms with Crippen molar-refractivity contribution in [3.8, 4) is 0 Å². The van der Waals surface area contributed by atoms with E-state index in [1.807, 2.05) is 24.4 Å². The van der Waals surface area contributed by atoms with Gasteiger partial charge in [-0.05, 0) is 30.0 Å². The topological polar surface area (TPSA) is 76.5 Å². The fourth-order valence-electron chi connectivity index (χ4n) is 4.10. The van der Waals surface area contributed by atoms with E-state index in [9.17, 15) is 9.59 Å². The van der Waals surface area contributed by atoms with Crippen LogP contribution in [-0.2, 0) is 33.7 Å². The van der Waals surface area contributed by atoms with Crippen LogP contribution in [0, 0.1) is 0 Å². The molecule has 0 spiro atoms. The van der Waals surface area contributed by atoms with Gasteiger partial charge in [0.05, 0.1) is 19.3 Å². The van der Waals surface area contributed by atoms with Crippen LogP contribution in [0.2, 0.25) is 0 Å². The molecular formula is C21H26N4O3. The second-order valence-electron chi connectivity index (χ2n) is 7.48. The fourth-order valence-corrected chi connectivity index (χ4v) is 4.10. The van der Waals surface area contributed by atoms with Crippen molar-refractivity contribution in [1.82, 2.24) is 20.0 Å². The highest BCUT2D eigenvalue weighted by atomic mass is 16.5. The molecule has 0 unspecified atom stereocenters. The van der Waals surface area contributed by atoms with Crippen LogP contribution < -0.4 is 5.32 Å². The molecule has 0 saturated carbocycles. The lowest BCUT2D eigenvalue weighted by Gasteiger charge is -2.35. The number of nitrogens with one attached hydrogen (secondary N) is 1. The highest BCUT2D eigenvalue weighted by molar-refractivity contribution is 5.80. The van der Waals surface area contributed by atoms with Crippen molar-refractivity contribution >= 4 is 11.8 Å². The summed E-state index contributed by atoms with van der Waals surface area (Å²) < 4.78 is 7.29. The van der Waals surface area contributed by atoms with Crippen molar-refractivity contribution in [2.45, 2.75) is 44.3 Å². The highest BCUT2D eigenvalue weighted by Gasteiger charge is 2.30. The van der Waals surface area contributed by atoms with Gasteiger partial charge < -0.3 is 15.0 Å². The summed E-state index contributed by atoms with van der Waals surface area (Å²) in [6.07, 6.45) is 5.94. The van der Waals surface area contributed by atoms with Crippen LogP contribution in [0.3, 0.4) is 0 Å². The Balaban J connectivity index is 1.29. The molecule has 2 aliphatic rings. The largest absolute Gasteiger partial charge is 0.377 e. The average molecular weight is 382 g/mol. The number of hydrogen-bond donors (Lipinski definition) is 1. The Morgan fingerprint density at radius 1 is 1.18 bits per heavy atom. The predicted octanol–water partition coefficient (Wildman–Crippen LogP) is 1.17. The van der Waals surface area contributed by atoms with E-state index >= 15 is 0 Å². The molecule has 2 amide bonds. The number of morpholine rings is 1. The zero-order valence-electron chi connectivity index (χ0n) is 15.9. The van der Waals surface area contributed by atoms with Gasteiger partial charge in [0.15, 0.2) is 0 Å². The Kier molecular flexibility index (Phi) is 5.71. The molecule has 1 atom stereocenters. The summed E-state index contributed by atoms with van der Waals surface area (Å²) in [6.45, 7) is 2.00. The molecule has 1 aromatic heterocycles. The first kappa shape index (κ1) is 18.7. The zero-order chi connectivity index (χ0) is 19.3. The van der Waals surface area contributed by atoms with Crippen molar-refractivity contribution in [3.05, 3.63) is 53.9 Å². The molecule has 1 N–H and O–H groups in total. The molecule has 2 aromatic rings. The minimum absolute atomic E-state index is 0.0156. The molecule has 7 nitrogen and oxygen atoms in total. The molecule has 1 aliphatic heterocycles. The maximum absolute atomic E-state index is 12.7. The molecule has 1 aromatic carbocycles. The number of hydrogen-bond acceptors (Lipinski definition) is 4. The summed E-state index contributed by atoms with van der Waals surface area (Å²) in [6, 6.07) is 10.1. The Morgan fingerprint density at radius 2 is 1.96 bits per heavy atom. The number of fused-ring (bicyclic) bond motifs is 1. The molecule has 28 heavy (non-hydrogen) atoms. The van der Waals surface area contributed by atoms with Crippen LogP contribution in [0.15, 0.2) is 42.7 Å². The van der Waals surface area contributed by atoms with E-state index < -0.39 is 0 Å². The van der Waals surface area contributed by atoms with Crippen LogP contribution in [0.1, 0.15) is 24.0 Å². The molecule has 7 heteroatoms. The monoisotopic (exact) mass is 382 g/mol. The number of rotatable bonds is 6. The molecule has 0 bridgehead atoms. The summed E-state index contributed by atoms with van der Waals surface area (Å²) in [4.78, 5) is 27.1. The zero-order valence-corrected chi connectivity index (χ0v) is 15.9. The lowest BCUT2D eigenvalue weighted by atomic mass is 10.1. The Labute approximate surface area is 164 Å². The van der Waals surface area contributed by atoms with Gasteiger partial charge in [-0.3, -0.25) is 14.3 Å². The molecule has 0 radical (unpaired) electrons. The van der Waals surface area contributed by atoms with Gasteiger partial charge in [-0.15, -0.1) is 0 Å². The maximum Gasteiger partial charge on any atom is 0.224 e. The van der Waals surface area contributed by atoms with Crippen molar-refractivity contribution in [1.29, 1.82) is 0 Å². The number of benzene rings is 1. The van der Waals surface area contributed by atoms with Gasteiger partial charge in [-0.25, -0.2) is 0 Å². The number of aromatic nitrogens is 2.